The maximum absolute atomic E-state index is 11.0. The largest absolute Gasteiger partial charge is 0.481 e. The van der Waals surface area contributed by atoms with Gasteiger partial charge in [-0.1, -0.05) is 6.58 Å². The van der Waals surface area contributed by atoms with Gasteiger partial charge in [0.1, 0.15) is 6.10 Å². The highest BCUT2D eigenvalue weighted by molar-refractivity contribution is 5.76. The van der Waals surface area contributed by atoms with Crippen LogP contribution in [0.4, 0.5) is 0 Å². The summed E-state index contributed by atoms with van der Waals surface area (Å²) < 4.78 is 4.74. The summed E-state index contributed by atoms with van der Waals surface area (Å²) in [4.78, 5) is 25.2. The Kier molecular flexibility index (Phi) is 7.15. The van der Waals surface area contributed by atoms with Gasteiger partial charge in [-0.3, -0.25) is 14.8 Å². The Balaban J connectivity index is 3.68. The summed E-state index contributed by atoms with van der Waals surface area (Å²) in [5.41, 5.74) is 0.615. The summed E-state index contributed by atoms with van der Waals surface area (Å²) in [6, 6.07) is 0. The van der Waals surface area contributed by atoms with Crippen molar-refractivity contribution in [3.63, 3.8) is 0 Å². The molecule has 6 nitrogen and oxygen atoms in total. The van der Waals surface area contributed by atoms with Crippen molar-refractivity contribution >= 4 is 11.9 Å². The van der Waals surface area contributed by atoms with Crippen LogP contribution < -0.4 is 0 Å². The van der Waals surface area contributed by atoms with Gasteiger partial charge in [-0.2, -0.15) is 0 Å². The summed E-state index contributed by atoms with van der Waals surface area (Å²) in [5, 5.41) is 16.8. The summed E-state index contributed by atoms with van der Waals surface area (Å²) >= 11 is 0. The third-order valence-electron chi connectivity index (χ3n) is 1.86. The van der Waals surface area contributed by atoms with Crippen LogP contribution in [0.2, 0.25) is 0 Å². The van der Waals surface area contributed by atoms with Gasteiger partial charge in [0.15, 0.2) is 0 Å². The van der Waals surface area contributed by atoms with Crippen LogP contribution in [0.3, 0.4) is 0 Å². The molecule has 92 valence electrons. The number of hydrogen-bond donors (Lipinski definition) is 2. The van der Waals surface area contributed by atoms with E-state index in [2.05, 4.69) is 11.5 Å². The molecule has 0 aliphatic heterocycles. The minimum atomic E-state index is -1.05. The predicted octanol–water partition coefficient (Wildman–Crippen LogP) is 1.22. The lowest BCUT2D eigenvalue weighted by Crippen LogP contribution is -2.17. The molecule has 16 heavy (non-hydrogen) atoms. The highest BCUT2D eigenvalue weighted by Crippen LogP contribution is 2.07. The van der Waals surface area contributed by atoms with Crippen molar-refractivity contribution in [2.24, 2.45) is 0 Å². The molecule has 0 bridgehead atoms. The second kappa shape index (κ2) is 7.84. The van der Waals surface area contributed by atoms with Gasteiger partial charge in [-0.05, 0) is 12.5 Å². The second-order valence-electron chi connectivity index (χ2n) is 3.34. The van der Waals surface area contributed by atoms with E-state index in [1.807, 2.05) is 0 Å². The third-order valence-corrected chi connectivity index (χ3v) is 1.86. The van der Waals surface area contributed by atoms with Crippen LogP contribution in [0.25, 0.3) is 0 Å². The Hall–Kier alpha value is -1.40. The molecule has 0 amide bonds. The van der Waals surface area contributed by atoms with Crippen molar-refractivity contribution in [2.75, 3.05) is 6.61 Å². The summed E-state index contributed by atoms with van der Waals surface area (Å²) in [5.74, 6) is -1.63. The fraction of sp³-hybridized carbons (Fsp3) is 0.600. The van der Waals surface area contributed by atoms with E-state index in [0.717, 1.165) is 0 Å². The minimum absolute atomic E-state index is 0.0521. The molecule has 0 heterocycles. The second-order valence-corrected chi connectivity index (χ2v) is 3.34. The molecule has 6 heteroatoms. The lowest BCUT2D eigenvalue weighted by molar-refractivity contribution is -0.270. The van der Waals surface area contributed by atoms with Crippen LogP contribution in [0.1, 0.15) is 26.2 Å². The molecule has 0 aliphatic rings. The number of hydrogen-bond acceptors (Lipinski definition) is 5. The molecule has 0 radical (unpaired) electrons. The molecule has 0 saturated carbocycles. The van der Waals surface area contributed by atoms with Crippen molar-refractivity contribution in [1.82, 2.24) is 0 Å². The van der Waals surface area contributed by atoms with Gasteiger partial charge in [0, 0.05) is 6.42 Å². The number of ether oxygens (including phenoxy) is 1. The molecule has 2 N–H and O–H groups in total. The molecule has 0 fully saturated rings. The van der Waals surface area contributed by atoms with Crippen LogP contribution in [-0.4, -0.2) is 35.0 Å². The highest BCUT2D eigenvalue weighted by atomic mass is 17.1. The molecule has 0 aromatic rings. The minimum Gasteiger partial charge on any atom is -0.481 e. The Labute approximate surface area is 93.4 Å². The summed E-state index contributed by atoms with van der Waals surface area (Å²) in [7, 11) is 0. The first-order valence-electron chi connectivity index (χ1n) is 4.80. The summed E-state index contributed by atoms with van der Waals surface area (Å²) in [6.45, 7) is 5.31. The quantitative estimate of drug-likeness (QED) is 0.283. The standard InChI is InChI=1S/C10H16O6/c1-7(2)8(16-14)5-6-15-10(13)4-3-9(11)12/h8,14H,1,3-6H2,2H3,(H,11,12). The zero-order chi connectivity index (χ0) is 12.6. The van der Waals surface area contributed by atoms with Gasteiger partial charge in [0.2, 0.25) is 0 Å². The first kappa shape index (κ1) is 14.6. The molecule has 0 aromatic heterocycles. The zero-order valence-electron chi connectivity index (χ0n) is 9.14. The molecule has 0 rings (SSSR count). The van der Waals surface area contributed by atoms with Crippen LogP contribution in [0.15, 0.2) is 12.2 Å². The first-order chi connectivity index (χ1) is 7.47. The van der Waals surface area contributed by atoms with Crippen LogP contribution >= 0.6 is 0 Å². The lowest BCUT2D eigenvalue weighted by Gasteiger charge is -2.12. The van der Waals surface area contributed by atoms with Gasteiger partial charge in [0.25, 0.3) is 0 Å². The van der Waals surface area contributed by atoms with Crippen LogP contribution in [0, 0.1) is 0 Å². The van der Waals surface area contributed by atoms with E-state index < -0.39 is 18.0 Å². The van der Waals surface area contributed by atoms with E-state index in [0.29, 0.717) is 5.57 Å². The average Bonchev–Trinajstić information content (AvgIpc) is 2.20. The van der Waals surface area contributed by atoms with Crippen LogP contribution in [-0.2, 0) is 19.2 Å². The Morgan fingerprint density at radius 3 is 2.44 bits per heavy atom. The number of esters is 1. The van der Waals surface area contributed by atoms with Gasteiger partial charge in [0.05, 0.1) is 19.4 Å². The van der Waals surface area contributed by atoms with Gasteiger partial charge in [-0.15, -0.1) is 0 Å². The van der Waals surface area contributed by atoms with Crippen molar-refractivity contribution in [2.45, 2.75) is 32.3 Å². The van der Waals surface area contributed by atoms with Crippen molar-refractivity contribution < 1.29 is 29.6 Å². The molecule has 1 atom stereocenters. The van der Waals surface area contributed by atoms with E-state index in [1.54, 1.807) is 6.92 Å². The molecule has 0 aliphatic carbocycles. The molecular formula is C10H16O6. The number of carboxylic acid groups (broad SMARTS) is 1. The molecule has 0 aromatic carbocycles. The fourth-order valence-electron chi connectivity index (χ4n) is 0.950. The first-order valence-corrected chi connectivity index (χ1v) is 4.80. The number of carboxylic acids is 1. The Morgan fingerprint density at radius 1 is 1.38 bits per heavy atom. The molecule has 1 unspecified atom stereocenters. The number of carbonyl (C=O) groups excluding carboxylic acids is 1. The van der Waals surface area contributed by atoms with Gasteiger partial charge in [-0.25, -0.2) is 4.89 Å². The number of rotatable bonds is 8. The van der Waals surface area contributed by atoms with E-state index in [-0.39, 0.29) is 25.9 Å². The SMILES string of the molecule is C=C(C)C(CCOC(=O)CCC(=O)O)OO. The number of carbonyl (C=O) groups is 2. The molecule has 0 saturated heterocycles. The van der Waals surface area contributed by atoms with Crippen molar-refractivity contribution in [1.29, 1.82) is 0 Å². The van der Waals surface area contributed by atoms with Crippen molar-refractivity contribution in [3.8, 4) is 0 Å². The van der Waals surface area contributed by atoms with Gasteiger partial charge < -0.3 is 9.84 Å². The maximum Gasteiger partial charge on any atom is 0.306 e. The number of aliphatic carboxylic acids is 1. The average molecular weight is 232 g/mol. The van der Waals surface area contributed by atoms with Gasteiger partial charge >= 0.3 is 11.9 Å². The molecular weight excluding hydrogens is 216 g/mol. The smallest absolute Gasteiger partial charge is 0.306 e. The van der Waals surface area contributed by atoms with E-state index in [1.165, 1.54) is 0 Å². The molecule has 0 spiro atoms. The highest BCUT2D eigenvalue weighted by Gasteiger charge is 2.12. The lowest BCUT2D eigenvalue weighted by atomic mass is 10.1. The maximum atomic E-state index is 11.0. The summed E-state index contributed by atoms with van der Waals surface area (Å²) in [6.07, 6.45) is -0.705. The topological polar surface area (TPSA) is 93.1 Å². The van der Waals surface area contributed by atoms with Crippen LogP contribution in [0.5, 0.6) is 0 Å². The zero-order valence-corrected chi connectivity index (χ0v) is 9.14. The Morgan fingerprint density at radius 2 is 2.00 bits per heavy atom. The predicted molar refractivity (Wildman–Crippen MR) is 54.8 cm³/mol. The van der Waals surface area contributed by atoms with E-state index in [9.17, 15) is 9.59 Å². The normalized spacial score (nSPS) is 11.9. The van der Waals surface area contributed by atoms with E-state index >= 15 is 0 Å². The van der Waals surface area contributed by atoms with E-state index in [4.69, 9.17) is 15.1 Å². The fourth-order valence-corrected chi connectivity index (χ4v) is 0.950. The Bertz CT molecular complexity index is 260. The monoisotopic (exact) mass is 232 g/mol. The van der Waals surface area contributed by atoms with Crippen molar-refractivity contribution in [3.05, 3.63) is 12.2 Å². The third kappa shape index (κ3) is 6.97.